The summed E-state index contributed by atoms with van der Waals surface area (Å²) in [6.07, 6.45) is 12.9. The molecule has 0 saturated heterocycles. The molecule has 3 heteroatoms. The summed E-state index contributed by atoms with van der Waals surface area (Å²) >= 11 is 0. The van der Waals surface area contributed by atoms with Crippen molar-refractivity contribution >= 4 is 17.9 Å². The first kappa shape index (κ1) is 14.4. The quantitative estimate of drug-likeness (QED) is 0.796. The minimum absolute atomic E-state index is 0.169. The van der Waals surface area contributed by atoms with Crippen molar-refractivity contribution in [2.45, 2.75) is 19.8 Å². The molecule has 1 atom stereocenters. The number of aromatic amines is 1. The summed E-state index contributed by atoms with van der Waals surface area (Å²) in [5.74, 6) is 0.648. The van der Waals surface area contributed by atoms with Crippen molar-refractivity contribution in [1.29, 1.82) is 0 Å². The third kappa shape index (κ3) is 3.37. The van der Waals surface area contributed by atoms with Gasteiger partial charge in [0, 0.05) is 35.7 Å². The van der Waals surface area contributed by atoms with Gasteiger partial charge in [0.2, 0.25) is 0 Å². The number of pyridine rings is 2. The molecule has 0 aliphatic heterocycles. The van der Waals surface area contributed by atoms with Crippen molar-refractivity contribution in [2.75, 3.05) is 0 Å². The van der Waals surface area contributed by atoms with Crippen LogP contribution in [-0.2, 0) is 4.79 Å². The van der Waals surface area contributed by atoms with E-state index in [0.29, 0.717) is 5.92 Å². The fourth-order valence-electron chi connectivity index (χ4n) is 2.82. The molecule has 1 N–H and O–H groups in total. The molecule has 0 bridgehead atoms. The Balaban J connectivity index is 1.92. The summed E-state index contributed by atoms with van der Waals surface area (Å²) in [7, 11) is 0. The third-order valence-corrected chi connectivity index (χ3v) is 3.85. The molecular weight excluding hydrogens is 272 g/mol. The zero-order valence-corrected chi connectivity index (χ0v) is 12.6. The summed E-state index contributed by atoms with van der Waals surface area (Å²) in [6, 6.07) is 7.81. The molecular formula is C19H19N2O+. The van der Waals surface area contributed by atoms with Crippen LogP contribution in [0.2, 0.25) is 0 Å². The number of aromatic nitrogens is 2. The second kappa shape index (κ2) is 6.48. The Labute approximate surface area is 130 Å². The number of allylic oxidation sites excluding steroid dienone is 2. The predicted octanol–water partition coefficient (Wildman–Crippen LogP) is 3.36. The number of nitrogens with one attached hydrogen (secondary N) is 1. The average Bonchev–Trinajstić information content (AvgIpc) is 2.54. The van der Waals surface area contributed by atoms with Crippen LogP contribution < -0.4 is 4.98 Å². The molecule has 0 radical (unpaired) electrons. The highest BCUT2D eigenvalue weighted by Gasteiger charge is 2.25. The lowest BCUT2D eigenvalue weighted by Crippen LogP contribution is -2.18. The number of carbonyl (C=O) groups is 1. The standard InChI is InChI=1S/C19H18N2O/c1-14-10-17(12-15-2-6-20-7-3-15)19(22)18(11-14)13-16-4-8-21-9-5-16/h2-9,12-14H,10-11H2,1H3/p+1. The summed E-state index contributed by atoms with van der Waals surface area (Å²) in [5.41, 5.74) is 3.87. The molecule has 1 aliphatic carbocycles. The third-order valence-electron chi connectivity index (χ3n) is 3.85. The number of Topliss-reactive ketones (excluding diaryl/α,β-unsaturated/α-hetero) is 1. The van der Waals surface area contributed by atoms with Crippen LogP contribution in [0.25, 0.3) is 12.2 Å². The van der Waals surface area contributed by atoms with E-state index in [4.69, 9.17) is 0 Å². The van der Waals surface area contributed by atoms with Gasteiger partial charge in [-0.15, -0.1) is 0 Å². The zero-order chi connectivity index (χ0) is 15.4. The van der Waals surface area contributed by atoms with Gasteiger partial charge < -0.3 is 0 Å². The predicted molar refractivity (Wildman–Crippen MR) is 86.6 cm³/mol. The molecule has 1 unspecified atom stereocenters. The van der Waals surface area contributed by atoms with Crippen molar-refractivity contribution in [3.8, 4) is 0 Å². The number of hydrogen-bond donors (Lipinski definition) is 0. The molecule has 1 aliphatic rings. The smallest absolute Gasteiger partial charge is 0.185 e. The minimum Gasteiger partial charge on any atom is -0.289 e. The molecule has 0 spiro atoms. The first-order valence-corrected chi connectivity index (χ1v) is 7.54. The van der Waals surface area contributed by atoms with Gasteiger partial charge in [0.05, 0.1) is 0 Å². The van der Waals surface area contributed by atoms with Crippen LogP contribution in [0.15, 0.2) is 60.2 Å². The highest BCUT2D eigenvalue weighted by atomic mass is 16.1. The van der Waals surface area contributed by atoms with Crippen LogP contribution in [0.3, 0.4) is 0 Å². The van der Waals surface area contributed by atoms with Gasteiger partial charge in [0.15, 0.2) is 18.2 Å². The highest BCUT2D eigenvalue weighted by molar-refractivity contribution is 6.14. The van der Waals surface area contributed by atoms with Crippen molar-refractivity contribution in [3.63, 3.8) is 0 Å². The van der Waals surface area contributed by atoms with Gasteiger partial charge in [0.1, 0.15) is 0 Å². The van der Waals surface area contributed by atoms with Crippen molar-refractivity contribution in [1.82, 2.24) is 4.98 Å². The normalized spacial score (nSPS) is 22.2. The van der Waals surface area contributed by atoms with Crippen LogP contribution in [0.4, 0.5) is 0 Å². The largest absolute Gasteiger partial charge is 0.289 e. The number of carbonyl (C=O) groups excluding carboxylic acids is 1. The van der Waals surface area contributed by atoms with Crippen LogP contribution >= 0.6 is 0 Å². The maximum atomic E-state index is 12.7. The van der Waals surface area contributed by atoms with E-state index in [2.05, 4.69) is 16.9 Å². The first-order valence-electron chi connectivity index (χ1n) is 7.54. The van der Waals surface area contributed by atoms with Gasteiger partial charge in [-0.3, -0.25) is 9.78 Å². The number of H-pyrrole nitrogens is 1. The zero-order valence-electron chi connectivity index (χ0n) is 12.6. The fourth-order valence-corrected chi connectivity index (χ4v) is 2.82. The molecule has 2 aromatic rings. The molecule has 0 amide bonds. The molecule has 0 aromatic carbocycles. The highest BCUT2D eigenvalue weighted by Crippen LogP contribution is 2.31. The second-order valence-corrected chi connectivity index (χ2v) is 5.80. The Kier molecular flexibility index (Phi) is 4.24. The number of rotatable bonds is 2. The van der Waals surface area contributed by atoms with Crippen molar-refractivity contribution < 1.29 is 9.78 Å². The number of hydrogen-bond acceptors (Lipinski definition) is 2. The van der Waals surface area contributed by atoms with Gasteiger partial charge in [-0.25, -0.2) is 4.98 Å². The molecule has 3 nitrogen and oxygen atoms in total. The Hall–Kier alpha value is -2.55. The number of nitrogens with zero attached hydrogens (tertiary/aromatic N) is 1. The summed E-state index contributed by atoms with van der Waals surface area (Å²) in [4.78, 5) is 19.7. The van der Waals surface area contributed by atoms with Gasteiger partial charge >= 0.3 is 0 Å². The van der Waals surface area contributed by atoms with Crippen molar-refractivity contribution in [3.05, 3.63) is 71.3 Å². The van der Waals surface area contributed by atoms with E-state index in [-0.39, 0.29) is 5.78 Å². The van der Waals surface area contributed by atoms with Gasteiger partial charge in [-0.1, -0.05) is 6.92 Å². The summed E-state index contributed by atoms with van der Waals surface area (Å²) < 4.78 is 0. The maximum absolute atomic E-state index is 12.7. The lowest BCUT2D eigenvalue weighted by Gasteiger charge is -2.22. The Bertz CT molecular complexity index is 656. The van der Waals surface area contributed by atoms with Crippen LogP contribution in [-0.4, -0.2) is 10.8 Å². The van der Waals surface area contributed by atoms with Crippen LogP contribution in [0.1, 0.15) is 30.9 Å². The van der Waals surface area contributed by atoms with E-state index < -0.39 is 0 Å². The molecule has 1 saturated carbocycles. The molecule has 2 aromatic heterocycles. The summed E-state index contributed by atoms with van der Waals surface area (Å²) in [5, 5.41) is 0. The molecule has 2 heterocycles. The SMILES string of the molecule is CC1CC(=Cc2ccncc2)C(=O)C(=Cc2cc[nH+]cc2)C1. The first-order chi connectivity index (χ1) is 10.7. The average molecular weight is 291 g/mol. The Morgan fingerprint density at radius 1 is 1.00 bits per heavy atom. The number of ketones is 1. The lowest BCUT2D eigenvalue weighted by atomic mass is 9.81. The lowest BCUT2D eigenvalue weighted by molar-refractivity contribution is -0.378. The van der Waals surface area contributed by atoms with Gasteiger partial charge in [-0.05, 0) is 54.2 Å². The van der Waals surface area contributed by atoms with Crippen LogP contribution in [0, 0.1) is 5.92 Å². The van der Waals surface area contributed by atoms with Crippen molar-refractivity contribution in [2.24, 2.45) is 5.92 Å². The fraction of sp³-hybridized carbons (Fsp3) is 0.211. The van der Waals surface area contributed by atoms with Gasteiger partial charge in [0.25, 0.3) is 0 Å². The molecule has 110 valence electrons. The second-order valence-electron chi connectivity index (χ2n) is 5.80. The maximum Gasteiger partial charge on any atom is 0.185 e. The van der Waals surface area contributed by atoms with E-state index in [0.717, 1.165) is 35.1 Å². The van der Waals surface area contributed by atoms with E-state index in [1.54, 1.807) is 12.4 Å². The van der Waals surface area contributed by atoms with E-state index >= 15 is 0 Å². The molecule has 22 heavy (non-hydrogen) atoms. The monoisotopic (exact) mass is 291 g/mol. The molecule has 3 rings (SSSR count). The summed E-state index contributed by atoms with van der Waals surface area (Å²) in [6.45, 7) is 2.19. The van der Waals surface area contributed by atoms with E-state index in [1.807, 2.05) is 48.8 Å². The minimum atomic E-state index is 0.169. The van der Waals surface area contributed by atoms with Crippen LogP contribution in [0.5, 0.6) is 0 Å². The van der Waals surface area contributed by atoms with Gasteiger partial charge in [-0.2, -0.15) is 0 Å². The molecule has 1 fully saturated rings. The van der Waals surface area contributed by atoms with E-state index in [1.165, 1.54) is 0 Å². The topological polar surface area (TPSA) is 44.1 Å². The Morgan fingerprint density at radius 3 is 2.14 bits per heavy atom. The Morgan fingerprint density at radius 2 is 1.55 bits per heavy atom. The van der Waals surface area contributed by atoms with E-state index in [9.17, 15) is 4.79 Å².